The zero-order valence-corrected chi connectivity index (χ0v) is 25.7. The smallest absolute Gasteiger partial charge is 0.243 e. The molecule has 1 fully saturated rings. The third-order valence-corrected chi connectivity index (χ3v) is 9.45. The number of nitrogens with zero attached hydrogens (tertiary/aromatic N) is 3. The van der Waals surface area contributed by atoms with E-state index in [-0.39, 0.29) is 10.4 Å². The number of hydrogen-bond donors (Lipinski definition) is 1. The Balaban J connectivity index is 1.48. The molecule has 222 valence electrons. The van der Waals surface area contributed by atoms with Gasteiger partial charge in [-0.3, -0.25) is 4.68 Å². The summed E-state index contributed by atoms with van der Waals surface area (Å²) in [7, 11) is -3.66. The summed E-state index contributed by atoms with van der Waals surface area (Å²) in [5, 5.41) is 8.14. The van der Waals surface area contributed by atoms with Crippen molar-refractivity contribution in [3.05, 3.63) is 90.2 Å². The molecule has 0 atom stereocenters. The lowest BCUT2D eigenvalue weighted by Crippen LogP contribution is -2.40. The molecular formula is C33H40N4O4S. The Morgan fingerprint density at radius 1 is 1.12 bits per heavy atom. The van der Waals surface area contributed by atoms with Crippen molar-refractivity contribution in [1.82, 2.24) is 14.1 Å². The van der Waals surface area contributed by atoms with Crippen molar-refractivity contribution >= 4 is 21.4 Å². The van der Waals surface area contributed by atoms with E-state index in [2.05, 4.69) is 50.9 Å². The Kier molecular flexibility index (Phi) is 8.73. The van der Waals surface area contributed by atoms with Gasteiger partial charge in [0.05, 0.1) is 35.5 Å². The van der Waals surface area contributed by atoms with Gasteiger partial charge >= 0.3 is 0 Å². The lowest BCUT2D eigenvalue weighted by Gasteiger charge is -2.27. The van der Waals surface area contributed by atoms with Crippen molar-refractivity contribution in [2.75, 3.05) is 38.2 Å². The van der Waals surface area contributed by atoms with Crippen LogP contribution < -0.4 is 10.1 Å². The van der Waals surface area contributed by atoms with Crippen molar-refractivity contribution in [3.8, 4) is 17.0 Å². The number of rotatable bonds is 9. The number of benzene rings is 2. The molecule has 1 N–H and O–H groups in total. The lowest BCUT2D eigenvalue weighted by atomic mass is 10.0. The predicted molar refractivity (Wildman–Crippen MR) is 168 cm³/mol. The molecule has 42 heavy (non-hydrogen) atoms. The van der Waals surface area contributed by atoms with E-state index >= 15 is 0 Å². The number of para-hydroxylation sites is 1. The molecule has 0 saturated carbocycles. The molecule has 1 aliphatic carbocycles. The van der Waals surface area contributed by atoms with E-state index in [4.69, 9.17) is 14.6 Å². The van der Waals surface area contributed by atoms with Gasteiger partial charge in [0, 0.05) is 35.6 Å². The average Bonchev–Trinajstić information content (AvgIpc) is 3.44. The Labute approximate surface area is 249 Å². The van der Waals surface area contributed by atoms with Crippen LogP contribution in [0.2, 0.25) is 0 Å². The number of anilines is 1. The van der Waals surface area contributed by atoms with Crippen LogP contribution in [0.25, 0.3) is 17.0 Å². The first kappa shape index (κ1) is 29.8. The number of ether oxygens (including phenoxy) is 2. The monoisotopic (exact) mass is 588 g/mol. The van der Waals surface area contributed by atoms with Crippen molar-refractivity contribution in [2.45, 2.75) is 51.0 Å². The van der Waals surface area contributed by atoms with Gasteiger partial charge in [-0.2, -0.15) is 9.40 Å². The number of allylic oxidation sites excluding steroid dienone is 2. The zero-order valence-electron chi connectivity index (χ0n) is 24.9. The minimum atomic E-state index is -3.66. The maximum atomic E-state index is 13.5. The molecule has 2 aromatic carbocycles. The fourth-order valence-corrected chi connectivity index (χ4v) is 6.84. The third kappa shape index (κ3) is 6.38. The van der Waals surface area contributed by atoms with Crippen LogP contribution in [0.1, 0.15) is 44.7 Å². The summed E-state index contributed by atoms with van der Waals surface area (Å²) < 4.78 is 42.1. The largest absolute Gasteiger partial charge is 0.488 e. The van der Waals surface area contributed by atoms with E-state index in [1.807, 2.05) is 48.0 Å². The van der Waals surface area contributed by atoms with Crippen LogP contribution in [-0.4, -0.2) is 55.4 Å². The standard InChI is InChI=1S/C33H40N4O4S/c1-24-15-16-27(21-31(24)42(38,39)36-17-19-40-20-18-36)35-25(2)29-22-34-37(33(3,4)5)32(29)28-13-9-10-14-30(28)41-23-26-11-7-6-8-12-26/h7,9-16,21-22,35H,2,6,8,17-20,23H2,1,3-5H3. The van der Waals surface area contributed by atoms with E-state index in [1.165, 1.54) is 4.31 Å². The maximum absolute atomic E-state index is 13.5. The fraction of sp³-hybridized carbons (Fsp3) is 0.364. The van der Waals surface area contributed by atoms with E-state index in [0.29, 0.717) is 49.9 Å². The van der Waals surface area contributed by atoms with Crippen molar-refractivity contribution in [2.24, 2.45) is 0 Å². The first-order valence-corrected chi connectivity index (χ1v) is 15.8. The van der Waals surface area contributed by atoms with Crippen LogP contribution in [0.15, 0.2) is 83.9 Å². The van der Waals surface area contributed by atoms with Gasteiger partial charge < -0.3 is 14.8 Å². The Morgan fingerprint density at radius 2 is 1.88 bits per heavy atom. The maximum Gasteiger partial charge on any atom is 0.243 e. The molecule has 0 bridgehead atoms. The molecule has 1 aliphatic heterocycles. The minimum absolute atomic E-state index is 0.276. The van der Waals surface area contributed by atoms with Gasteiger partial charge in [-0.05, 0) is 75.9 Å². The van der Waals surface area contributed by atoms with Gasteiger partial charge in [-0.25, -0.2) is 8.42 Å². The molecule has 3 aromatic rings. The number of nitrogens with one attached hydrogen (secondary N) is 1. The second-order valence-electron chi connectivity index (χ2n) is 11.6. The quantitative estimate of drug-likeness (QED) is 0.313. The molecule has 1 saturated heterocycles. The number of hydrogen-bond acceptors (Lipinski definition) is 6. The topological polar surface area (TPSA) is 85.7 Å². The van der Waals surface area contributed by atoms with Crippen LogP contribution in [0.3, 0.4) is 0 Å². The van der Waals surface area contributed by atoms with Crippen molar-refractivity contribution in [3.63, 3.8) is 0 Å². The zero-order chi connectivity index (χ0) is 29.9. The first-order valence-electron chi connectivity index (χ1n) is 14.4. The van der Waals surface area contributed by atoms with Crippen molar-refractivity contribution in [1.29, 1.82) is 0 Å². The highest BCUT2D eigenvalue weighted by molar-refractivity contribution is 7.89. The number of sulfonamides is 1. The summed E-state index contributed by atoms with van der Waals surface area (Å²) in [5.41, 5.74) is 5.34. The van der Waals surface area contributed by atoms with Crippen molar-refractivity contribution < 1.29 is 17.9 Å². The van der Waals surface area contributed by atoms with Gasteiger partial charge in [0.1, 0.15) is 12.4 Å². The van der Waals surface area contributed by atoms with Gasteiger partial charge in [0.2, 0.25) is 10.0 Å². The second kappa shape index (κ2) is 12.3. The molecule has 9 heteroatoms. The molecule has 2 aliphatic rings. The van der Waals surface area contributed by atoms with E-state index in [1.54, 1.807) is 12.3 Å². The lowest BCUT2D eigenvalue weighted by molar-refractivity contribution is 0.0730. The van der Waals surface area contributed by atoms with Gasteiger partial charge in [-0.15, -0.1) is 0 Å². The highest BCUT2D eigenvalue weighted by Crippen LogP contribution is 2.38. The van der Waals surface area contributed by atoms with Crippen LogP contribution in [0, 0.1) is 6.92 Å². The van der Waals surface area contributed by atoms with E-state index in [0.717, 1.165) is 41.0 Å². The van der Waals surface area contributed by atoms with Gasteiger partial charge in [0.15, 0.2) is 0 Å². The molecule has 1 aromatic heterocycles. The summed E-state index contributed by atoms with van der Waals surface area (Å²) >= 11 is 0. The second-order valence-corrected chi connectivity index (χ2v) is 13.5. The van der Waals surface area contributed by atoms with Gasteiger partial charge in [-0.1, -0.05) is 43.0 Å². The SMILES string of the molecule is C=C(Nc1ccc(C)c(S(=O)(=O)N2CCOCC2)c1)c1cnn(C(C)(C)C)c1-c1ccccc1OCC1=CCCC=C1. The first-order chi connectivity index (χ1) is 20.1. The Hall–Kier alpha value is -3.66. The molecule has 0 spiro atoms. The molecular weight excluding hydrogens is 548 g/mol. The third-order valence-electron chi connectivity index (χ3n) is 7.41. The van der Waals surface area contributed by atoms with E-state index < -0.39 is 10.0 Å². The van der Waals surface area contributed by atoms with E-state index in [9.17, 15) is 8.42 Å². The average molecular weight is 589 g/mol. The summed E-state index contributed by atoms with van der Waals surface area (Å²) in [6.45, 7) is 14.4. The number of aromatic nitrogens is 2. The summed E-state index contributed by atoms with van der Waals surface area (Å²) in [6, 6.07) is 13.3. The summed E-state index contributed by atoms with van der Waals surface area (Å²) in [6.07, 6.45) is 10.4. The van der Waals surface area contributed by atoms with Crippen LogP contribution in [0.5, 0.6) is 5.75 Å². The molecule has 0 radical (unpaired) electrons. The minimum Gasteiger partial charge on any atom is -0.488 e. The van der Waals surface area contributed by atoms with Crippen LogP contribution in [0.4, 0.5) is 5.69 Å². The Morgan fingerprint density at radius 3 is 2.60 bits per heavy atom. The molecule has 0 amide bonds. The molecule has 0 unspecified atom stereocenters. The van der Waals surface area contributed by atoms with Crippen LogP contribution >= 0.6 is 0 Å². The number of morpholine rings is 1. The predicted octanol–water partition coefficient (Wildman–Crippen LogP) is 6.37. The highest BCUT2D eigenvalue weighted by atomic mass is 32.2. The molecule has 8 nitrogen and oxygen atoms in total. The Bertz CT molecular complexity index is 1620. The summed E-state index contributed by atoms with van der Waals surface area (Å²) in [5.74, 6) is 0.756. The van der Waals surface area contributed by atoms with Gasteiger partial charge in [0.25, 0.3) is 0 Å². The fourth-order valence-electron chi connectivity index (χ4n) is 5.18. The molecule has 2 heterocycles. The molecule has 5 rings (SSSR count). The number of aryl methyl sites for hydroxylation is 1. The van der Waals surface area contributed by atoms with Crippen LogP contribution in [-0.2, 0) is 20.3 Å². The highest BCUT2D eigenvalue weighted by Gasteiger charge is 2.29. The normalized spacial score (nSPS) is 16.2. The summed E-state index contributed by atoms with van der Waals surface area (Å²) in [4.78, 5) is 0.276.